The van der Waals surface area contributed by atoms with Crippen LogP contribution >= 0.6 is 0 Å². The van der Waals surface area contributed by atoms with Crippen molar-refractivity contribution in [1.29, 1.82) is 0 Å². The van der Waals surface area contributed by atoms with Gasteiger partial charge in [0, 0.05) is 12.0 Å². The lowest BCUT2D eigenvalue weighted by atomic mass is 9.87. The summed E-state index contributed by atoms with van der Waals surface area (Å²) in [5, 5.41) is 10.3. The number of aliphatic hydroxyl groups excluding tert-OH is 1. The molecule has 2 unspecified atom stereocenters. The average Bonchev–Trinajstić information content (AvgIpc) is 2.43. The molecule has 3 heteroatoms. The largest absolute Gasteiger partial charge is 0.487 e. The molecule has 0 aromatic heterocycles. The third kappa shape index (κ3) is 3.53. The summed E-state index contributed by atoms with van der Waals surface area (Å²) in [6.07, 6.45) is 2.36. The van der Waals surface area contributed by atoms with Crippen LogP contribution in [-0.2, 0) is 0 Å². The van der Waals surface area contributed by atoms with Gasteiger partial charge in [-0.2, -0.15) is 0 Å². The van der Waals surface area contributed by atoms with E-state index in [-0.39, 0.29) is 5.60 Å². The summed E-state index contributed by atoms with van der Waals surface area (Å²) in [5.74, 6) is 0.844. The highest BCUT2D eigenvalue weighted by molar-refractivity contribution is 5.37. The second-order valence-electron chi connectivity index (χ2n) is 5.94. The van der Waals surface area contributed by atoms with Gasteiger partial charge in [-0.15, -0.1) is 0 Å². The van der Waals surface area contributed by atoms with Crippen molar-refractivity contribution in [1.82, 2.24) is 4.90 Å². The average molecular weight is 277 g/mol. The molecule has 0 fully saturated rings. The van der Waals surface area contributed by atoms with Crippen LogP contribution in [0.15, 0.2) is 24.3 Å². The van der Waals surface area contributed by atoms with E-state index in [2.05, 4.69) is 25.7 Å². The SMILES string of the molecule is CCN(CC)CCCC1(C)CC(O)c2ccccc2O1. The monoisotopic (exact) mass is 277 g/mol. The standard InChI is InChI=1S/C17H27NO2/c1-4-18(5-2)12-8-11-17(3)13-15(19)14-9-6-7-10-16(14)20-17/h6-7,9-10,15,19H,4-5,8,11-13H2,1-3H3. The van der Waals surface area contributed by atoms with Gasteiger partial charge < -0.3 is 14.7 Å². The Morgan fingerprint density at radius 1 is 1.30 bits per heavy atom. The first-order valence-electron chi connectivity index (χ1n) is 7.76. The van der Waals surface area contributed by atoms with E-state index in [1.165, 1.54) is 0 Å². The fourth-order valence-corrected chi connectivity index (χ4v) is 3.04. The molecule has 1 aromatic rings. The maximum atomic E-state index is 10.3. The summed E-state index contributed by atoms with van der Waals surface area (Å²) in [7, 11) is 0. The number of fused-ring (bicyclic) bond motifs is 1. The van der Waals surface area contributed by atoms with Crippen LogP contribution in [0.5, 0.6) is 5.75 Å². The van der Waals surface area contributed by atoms with Gasteiger partial charge in [-0.25, -0.2) is 0 Å². The summed E-state index contributed by atoms with van der Waals surface area (Å²) in [6, 6.07) is 7.83. The van der Waals surface area contributed by atoms with Gasteiger partial charge in [-0.1, -0.05) is 32.0 Å². The first-order valence-corrected chi connectivity index (χ1v) is 7.76. The van der Waals surface area contributed by atoms with Crippen LogP contribution in [0, 0.1) is 0 Å². The maximum absolute atomic E-state index is 10.3. The number of rotatable bonds is 6. The zero-order chi connectivity index (χ0) is 14.6. The molecule has 0 saturated carbocycles. The highest BCUT2D eigenvalue weighted by Crippen LogP contribution is 2.41. The Labute approximate surface area is 122 Å². The molecule has 1 heterocycles. The van der Waals surface area contributed by atoms with Crippen LogP contribution in [0.4, 0.5) is 0 Å². The smallest absolute Gasteiger partial charge is 0.125 e. The quantitative estimate of drug-likeness (QED) is 0.865. The van der Waals surface area contributed by atoms with E-state index in [0.717, 1.165) is 43.8 Å². The number of benzene rings is 1. The predicted octanol–water partition coefficient (Wildman–Crippen LogP) is 3.38. The number of nitrogens with zero attached hydrogens (tertiary/aromatic N) is 1. The molecule has 0 saturated heterocycles. The van der Waals surface area contributed by atoms with Crippen molar-refractivity contribution in [3.05, 3.63) is 29.8 Å². The minimum absolute atomic E-state index is 0.249. The first-order chi connectivity index (χ1) is 9.58. The van der Waals surface area contributed by atoms with Crippen LogP contribution in [0.3, 0.4) is 0 Å². The van der Waals surface area contributed by atoms with Crippen LogP contribution in [0.25, 0.3) is 0 Å². The number of hydrogen-bond acceptors (Lipinski definition) is 3. The minimum Gasteiger partial charge on any atom is -0.487 e. The van der Waals surface area contributed by atoms with Gasteiger partial charge in [0.15, 0.2) is 0 Å². The summed E-state index contributed by atoms with van der Waals surface area (Å²) in [6.45, 7) is 9.81. The third-order valence-corrected chi connectivity index (χ3v) is 4.33. The second kappa shape index (κ2) is 6.59. The van der Waals surface area contributed by atoms with Gasteiger partial charge >= 0.3 is 0 Å². The van der Waals surface area contributed by atoms with Crippen molar-refractivity contribution in [2.75, 3.05) is 19.6 Å². The Morgan fingerprint density at radius 2 is 2.00 bits per heavy atom. The minimum atomic E-state index is -0.404. The lowest BCUT2D eigenvalue weighted by molar-refractivity contribution is -0.00942. The van der Waals surface area contributed by atoms with E-state index in [1.807, 2.05) is 24.3 Å². The first kappa shape index (κ1) is 15.3. The Bertz CT molecular complexity index is 431. The number of ether oxygens (including phenoxy) is 1. The van der Waals surface area contributed by atoms with Crippen molar-refractivity contribution in [3.8, 4) is 5.75 Å². The molecule has 2 rings (SSSR count). The van der Waals surface area contributed by atoms with Crippen LogP contribution < -0.4 is 4.74 Å². The maximum Gasteiger partial charge on any atom is 0.125 e. The Kier molecular flexibility index (Phi) is 5.06. The van der Waals surface area contributed by atoms with Crippen molar-refractivity contribution in [2.45, 2.75) is 51.7 Å². The molecule has 1 N–H and O–H groups in total. The zero-order valence-corrected chi connectivity index (χ0v) is 12.9. The molecule has 20 heavy (non-hydrogen) atoms. The van der Waals surface area contributed by atoms with Crippen LogP contribution in [0.1, 0.15) is 51.7 Å². The molecule has 0 aliphatic carbocycles. The van der Waals surface area contributed by atoms with Crippen molar-refractivity contribution < 1.29 is 9.84 Å². The van der Waals surface area contributed by atoms with Crippen molar-refractivity contribution >= 4 is 0 Å². The van der Waals surface area contributed by atoms with Gasteiger partial charge in [-0.05, 0) is 45.5 Å². The fourth-order valence-electron chi connectivity index (χ4n) is 3.04. The van der Waals surface area contributed by atoms with Gasteiger partial charge in [0.25, 0.3) is 0 Å². The zero-order valence-electron chi connectivity index (χ0n) is 12.9. The normalized spacial score (nSPS) is 25.4. The fraction of sp³-hybridized carbons (Fsp3) is 0.647. The van der Waals surface area contributed by atoms with E-state index >= 15 is 0 Å². The van der Waals surface area contributed by atoms with E-state index in [1.54, 1.807) is 0 Å². The van der Waals surface area contributed by atoms with Crippen molar-refractivity contribution in [2.24, 2.45) is 0 Å². The second-order valence-corrected chi connectivity index (χ2v) is 5.94. The van der Waals surface area contributed by atoms with Gasteiger partial charge in [-0.3, -0.25) is 0 Å². The van der Waals surface area contributed by atoms with Gasteiger partial charge in [0.2, 0.25) is 0 Å². The summed E-state index contributed by atoms with van der Waals surface area (Å²) in [4.78, 5) is 2.43. The lowest BCUT2D eigenvalue weighted by Gasteiger charge is -2.38. The number of hydrogen-bond donors (Lipinski definition) is 1. The van der Waals surface area contributed by atoms with E-state index in [9.17, 15) is 5.11 Å². The molecule has 0 radical (unpaired) electrons. The predicted molar refractivity (Wildman–Crippen MR) is 82.1 cm³/mol. The van der Waals surface area contributed by atoms with E-state index < -0.39 is 6.10 Å². The number of aliphatic hydroxyl groups is 1. The Morgan fingerprint density at radius 3 is 2.70 bits per heavy atom. The third-order valence-electron chi connectivity index (χ3n) is 4.33. The molecule has 1 aliphatic rings. The molecule has 2 atom stereocenters. The Hall–Kier alpha value is -1.06. The molecule has 3 nitrogen and oxygen atoms in total. The summed E-state index contributed by atoms with van der Waals surface area (Å²) in [5.41, 5.74) is 0.676. The van der Waals surface area contributed by atoms with Crippen LogP contribution in [-0.4, -0.2) is 35.2 Å². The molecular weight excluding hydrogens is 250 g/mol. The van der Waals surface area contributed by atoms with Gasteiger partial charge in [0.1, 0.15) is 11.4 Å². The molecule has 1 aromatic carbocycles. The highest BCUT2D eigenvalue weighted by Gasteiger charge is 2.35. The molecule has 0 bridgehead atoms. The molecule has 0 amide bonds. The van der Waals surface area contributed by atoms with Gasteiger partial charge in [0.05, 0.1) is 6.10 Å². The van der Waals surface area contributed by atoms with Crippen LogP contribution in [0.2, 0.25) is 0 Å². The number of para-hydroxylation sites is 1. The summed E-state index contributed by atoms with van der Waals surface area (Å²) >= 11 is 0. The topological polar surface area (TPSA) is 32.7 Å². The van der Waals surface area contributed by atoms with E-state index in [0.29, 0.717) is 6.42 Å². The highest BCUT2D eigenvalue weighted by atomic mass is 16.5. The summed E-state index contributed by atoms with van der Waals surface area (Å²) < 4.78 is 6.16. The molecule has 1 aliphatic heterocycles. The lowest BCUT2D eigenvalue weighted by Crippen LogP contribution is -2.39. The molecule has 112 valence electrons. The Balaban J connectivity index is 1.95. The van der Waals surface area contributed by atoms with Crippen molar-refractivity contribution in [3.63, 3.8) is 0 Å². The molecular formula is C17H27NO2. The molecule has 0 spiro atoms. The van der Waals surface area contributed by atoms with E-state index in [4.69, 9.17) is 4.74 Å².